The zero-order valence-corrected chi connectivity index (χ0v) is 15.9. The number of imidazole rings is 1. The zero-order valence-electron chi connectivity index (χ0n) is 13.5. The summed E-state index contributed by atoms with van der Waals surface area (Å²) in [5.41, 5.74) is 0.0589. The van der Waals surface area contributed by atoms with Crippen LogP contribution in [0.4, 0.5) is 0 Å². The largest absolute Gasteiger partial charge is 0.448 e. The smallest absolute Gasteiger partial charge is 0.359 e. The first-order valence-electron chi connectivity index (χ1n) is 7.49. The van der Waals surface area contributed by atoms with Crippen LogP contribution in [0.5, 0.6) is 0 Å². The van der Waals surface area contributed by atoms with E-state index < -0.39 is 33.9 Å². The van der Waals surface area contributed by atoms with Crippen molar-refractivity contribution in [2.45, 2.75) is 25.5 Å². The molecule has 2 atom stereocenters. The van der Waals surface area contributed by atoms with Gasteiger partial charge >= 0.3 is 5.97 Å². The lowest BCUT2D eigenvalue weighted by atomic mass is 10.2. The van der Waals surface area contributed by atoms with Crippen LogP contribution in [-0.4, -0.2) is 65.3 Å². The number of rotatable bonds is 4. The van der Waals surface area contributed by atoms with E-state index in [1.54, 1.807) is 11.6 Å². The van der Waals surface area contributed by atoms with E-state index in [9.17, 15) is 18.0 Å². The Labute approximate surface area is 153 Å². The summed E-state index contributed by atoms with van der Waals surface area (Å²) < 4.78 is 29.8. The lowest BCUT2D eigenvalue weighted by Gasteiger charge is -2.26. The molecule has 0 aromatic carbocycles. The van der Waals surface area contributed by atoms with Crippen molar-refractivity contribution < 1.29 is 22.7 Å². The van der Waals surface area contributed by atoms with Gasteiger partial charge in [-0.2, -0.15) is 0 Å². The Morgan fingerprint density at radius 1 is 1.52 bits per heavy atom. The van der Waals surface area contributed by atoms with Crippen molar-refractivity contribution in [1.29, 1.82) is 0 Å². The quantitative estimate of drug-likeness (QED) is 0.710. The third-order valence-corrected chi connectivity index (χ3v) is 6.92. The normalized spacial score (nSPS) is 20.5. The molecule has 3 rings (SSSR count). The van der Waals surface area contributed by atoms with Crippen LogP contribution in [0.15, 0.2) is 11.6 Å². The number of carbonyl (C=O) groups excluding carboxylic acids is 2. The molecule has 1 aliphatic rings. The van der Waals surface area contributed by atoms with E-state index in [2.05, 4.69) is 4.98 Å². The number of nitrogens with zero attached hydrogens (tertiary/aromatic N) is 3. The number of aromatic nitrogens is 2. The number of amides is 1. The minimum atomic E-state index is -3.11. The Bertz CT molecular complexity index is 936. The van der Waals surface area contributed by atoms with E-state index in [1.807, 2.05) is 0 Å². The van der Waals surface area contributed by atoms with Crippen molar-refractivity contribution in [3.63, 3.8) is 0 Å². The van der Waals surface area contributed by atoms with Crippen molar-refractivity contribution in [2.75, 3.05) is 18.6 Å². The first-order valence-corrected chi connectivity index (χ1v) is 10.6. The molecule has 3 heterocycles. The van der Waals surface area contributed by atoms with Gasteiger partial charge in [0.2, 0.25) is 0 Å². The second-order valence-electron chi connectivity index (χ2n) is 5.86. The van der Waals surface area contributed by atoms with Crippen LogP contribution in [0.1, 0.15) is 23.8 Å². The topological polar surface area (TPSA) is 98.0 Å². The molecule has 0 saturated carbocycles. The average Bonchev–Trinajstić information content (AvgIpc) is 3.19. The first kappa shape index (κ1) is 18.2. The fraction of sp³-hybridized carbons (Fsp3) is 0.500. The number of hydrogen-bond donors (Lipinski definition) is 0. The first-order chi connectivity index (χ1) is 11.7. The van der Waals surface area contributed by atoms with Gasteiger partial charge in [0.25, 0.3) is 5.91 Å². The predicted octanol–water partition coefficient (Wildman–Crippen LogP) is 1.24. The molecule has 2 aromatic heterocycles. The summed E-state index contributed by atoms with van der Waals surface area (Å²) >= 11 is 7.29. The summed E-state index contributed by atoms with van der Waals surface area (Å²) in [5, 5.41) is 1.75. The van der Waals surface area contributed by atoms with Gasteiger partial charge in [0.05, 0.1) is 11.5 Å². The molecule has 0 radical (unpaired) electrons. The molecule has 8 nitrogen and oxygen atoms in total. The Morgan fingerprint density at radius 3 is 2.88 bits per heavy atom. The highest BCUT2D eigenvalue weighted by Gasteiger charge is 2.35. The number of likely N-dealkylation sites (N-methyl/N-ethyl adjacent to an activating group) is 1. The lowest BCUT2D eigenvalue weighted by Crippen LogP contribution is -2.44. The van der Waals surface area contributed by atoms with Crippen LogP contribution < -0.4 is 0 Å². The number of hydrogen-bond acceptors (Lipinski definition) is 7. The van der Waals surface area contributed by atoms with Crippen LogP contribution in [0.2, 0.25) is 5.15 Å². The minimum Gasteiger partial charge on any atom is -0.448 e. The van der Waals surface area contributed by atoms with Crippen molar-refractivity contribution in [3.05, 3.63) is 22.4 Å². The maximum atomic E-state index is 12.4. The summed E-state index contributed by atoms with van der Waals surface area (Å²) in [5.74, 6) is -1.23. The molecule has 0 bridgehead atoms. The number of thiazole rings is 1. The second-order valence-corrected chi connectivity index (χ2v) is 9.32. The number of ether oxygens (including phenoxy) is 1. The highest BCUT2D eigenvalue weighted by atomic mass is 35.5. The van der Waals surface area contributed by atoms with Gasteiger partial charge in [-0.15, -0.1) is 11.3 Å². The number of esters is 1. The summed E-state index contributed by atoms with van der Waals surface area (Å²) in [7, 11) is -1.60. The van der Waals surface area contributed by atoms with Gasteiger partial charge in [-0.25, -0.2) is 18.2 Å². The molecule has 2 aromatic rings. The lowest BCUT2D eigenvalue weighted by molar-refractivity contribution is -0.140. The van der Waals surface area contributed by atoms with E-state index in [0.29, 0.717) is 11.4 Å². The van der Waals surface area contributed by atoms with Crippen molar-refractivity contribution in [1.82, 2.24) is 14.3 Å². The van der Waals surface area contributed by atoms with Gasteiger partial charge < -0.3 is 9.64 Å². The molecule has 0 N–H and O–H groups in total. The van der Waals surface area contributed by atoms with Gasteiger partial charge in [-0.1, -0.05) is 11.6 Å². The fourth-order valence-corrected chi connectivity index (χ4v) is 5.54. The molecule has 11 heteroatoms. The molecular weight excluding hydrogens is 390 g/mol. The van der Waals surface area contributed by atoms with Crippen LogP contribution in [0.3, 0.4) is 0 Å². The third kappa shape index (κ3) is 3.51. The average molecular weight is 406 g/mol. The summed E-state index contributed by atoms with van der Waals surface area (Å²) in [4.78, 5) is 30.7. The molecule has 0 unspecified atom stereocenters. The van der Waals surface area contributed by atoms with E-state index in [-0.39, 0.29) is 22.4 Å². The van der Waals surface area contributed by atoms with E-state index >= 15 is 0 Å². The Hall–Kier alpha value is -1.65. The number of sulfone groups is 1. The van der Waals surface area contributed by atoms with Crippen molar-refractivity contribution >= 4 is 49.6 Å². The highest BCUT2D eigenvalue weighted by molar-refractivity contribution is 7.91. The monoisotopic (exact) mass is 405 g/mol. The minimum absolute atomic E-state index is 0.00624. The molecule has 25 heavy (non-hydrogen) atoms. The molecule has 0 spiro atoms. The maximum absolute atomic E-state index is 12.4. The molecule has 1 aliphatic heterocycles. The van der Waals surface area contributed by atoms with Gasteiger partial charge in [0, 0.05) is 24.7 Å². The predicted molar refractivity (Wildman–Crippen MR) is 92.8 cm³/mol. The van der Waals surface area contributed by atoms with E-state index in [0.717, 1.165) is 0 Å². The summed E-state index contributed by atoms with van der Waals surface area (Å²) in [6.07, 6.45) is 0.952. The molecule has 1 amide bonds. The van der Waals surface area contributed by atoms with Crippen LogP contribution >= 0.6 is 22.9 Å². The van der Waals surface area contributed by atoms with Crippen LogP contribution in [-0.2, 0) is 19.4 Å². The summed E-state index contributed by atoms with van der Waals surface area (Å²) in [6.45, 7) is 1.44. The van der Waals surface area contributed by atoms with Gasteiger partial charge in [0.1, 0.15) is 0 Å². The molecular formula is C14H16ClN3O5S2. The Morgan fingerprint density at radius 2 is 2.24 bits per heavy atom. The number of halogens is 1. The molecule has 1 fully saturated rings. The van der Waals surface area contributed by atoms with E-state index in [1.165, 1.54) is 34.6 Å². The third-order valence-electron chi connectivity index (χ3n) is 4.15. The maximum Gasteiger partial charge on any atom is 0.359 e. The molecule has 0 aliphatic carbocycles. The van der Waals surface area contributed by atoms with Crippen molar-refractivity contribution in [2.24, 2.45) is 0 Å². The molecule has 136 valence electrons. The van der Waals surface area contributed by atoms with Crippen LogP contribution in [0.25, 0.3) is 4.96 Å². The SMILES string of the molecule is C[C@@H](OC(=O)c1c(Cl)nc2sccn12)C(=O)N(C)[C@@H]1CCS(=O)(=O)C1. The van der Waals surface area contributed by atoms with Crippen LogP contribution in [0, 0.1) is 0 Å². The highest BCUT2D eigenvalue weighted by Crippen LogP contribution is 2.23. The Balaban J connectivity index is 1.70. The zero-order chi connectivity index (χ0) is 18.4. The fourth-order valence-electron chi connectivity index (χ4n) is 2.76. The van der Waals surface area contributed by atoms with Gasteiger partial charge in [-0.3, -0.25) is 9.20 Å². The Kier molecular flexibility index (Phi) is 4.78. The summed E-state index contributed by atoms with van der Waals surface area (Å²) in [6, 6.07) is -0.402. The van der Waals surface area contributed by atoms with E-state index in [4.69, 9.17) is 16.3 Å². The number of fused-ring (bicyclic) bond motifs is 1. The van der Waals surface area contributed by atoms with Gasteiger partial charge in [-0.05, 0) is 13.3 Å². The standard InChI is InChI=1S/C14H16ClN3O5S2/c1-8(12(19)17(2)9-3-6-25(21,22)7-9)23-13(20)10-11(15)16-14-18(10)4-5-24-14/h4-5,8-9H,3,6-7H2,1-2H3/t8-,9-/m1/s1. The van der Waals surface area contributed by atoms with Crippen molar-refractivity contribution in [3.8, 4) is 0 Å². The van der Waals surface area contributed by atoms with Gasteiger partial charge in [0.15, 0.2) is 31.7 Å². The molecule has 1 saturated heterocycles. The number of carbonyl (C=O) groups is 2. The second kappa shape index (κ2) is 6.58.